The van der Waals surface area contributed by atoms with Crippen LogP contribution in [0.4, 0.5) is 0 Å². The second kappa shape index (κ2) is 6.38. The fraction of sp³-hybridized carbons (Fsp3) is 0.0625. The summed E-state index contributed by atoms with van der Waals surface area (Å²) in [6.07, 6.45) is 0. The molecule has 0 saturated carbocycles. The monoisotopic (exact) mass is 423 g/mol. The summed E-state index contributed by atoms with van der Waals surface area (Å²) >= 11 is 6.84. The predicted octanol–water partition coefficient (Wildman–Crippen LogP) is 5.07. The highest BCUT2D eigenvalue weighted by Crippen LogP contribution is 2.21. The van der Waals surface area contributed by atoms with Crippen LogP contribution in [0.5, 0.6) is 0 Å². The number of benzene rings is 2. The third kappa shape index (κ3) is 3.59. The average Bonchev–Trinajstić information content (AvgIpc) is 2.49. The van der Waals surface area contributed by atoms with Crippen molar-refractivity contribution in [2.75, 3.05) is 0 Å². The molecule has 0 fully saturated rings. The third-order valence-corrected chi connectivity index (χ3v) is 5.38. The molecule has 5 heteroatoms. The zero-order valence-corrected chi connectivity index (χ0v) is 14.9. The normalized spacial score (nSPS) is 12.5. The van der Waals surface area contributed by atoms with Crippen LogP contribution in [0.3, 0.4) is 0 Å². The SMILES string of the molecule is O=S(Cc1ccc(Br)cc1)c1ccc2cc(Br)ccc2n1. The van der Waals surface area contributed by atoms with E-state index in [2.05, 4.69) is 36.8 Å². The summed E-state index contributed by atoms with van der Waals surface area (Å²) in [7, 11) is -1.14. The first-order valence-electron chi connectivity index (χ1n) is 6.31. The van der Waals surface area contributed by atoms with Crippen molar-refractivity contribution >= 4 is 53.6 Å². The minimum atomic E-state index is -1.14. The fourth-order valence-electron chi connectivity index (χ4n) is 2.01. The maximum atomic E-state index is 12.4. The quantitative estimate of drug-likeness (QED) is 0.587. The summed E-state index contributed by atoms with van der Waals surface area (Å²) in [6.45, 7) is 0. The van der Waals surface area contributed by atoms with Crippen LogP contribution < -0.4 is 0 Å². The van der Waals surface area contributed by atoms with E-state index in [1.807, 2.05) is 54.6 Å². The van der Waals surface area contributed by atoms with E-state index in [0.717, 1.165) is 25.4 Å². The summed E-state index contributed by atoms with van der Waals surface area (Å²) < 4.78 is 14.5. The zero-order valence-electron chi connectivity index (χ0n) is 10.9. The Bertz CT molecular complexity index is 818. The summed E-state index contributed by atoms with van der Waals surface area (Å²) in [5.41, 5.74) is 1.90. The Labute approximate surface area is 142 Å². The van der Waals surface area contributed by atoms with Crippen LogP contribution in [0.2, 0.25) is 0 Å². The first-order chi connectivity index (χ1) is 10.1. The summed E-state index contributed by atoms with van der Waals surface area (Å²) in [4.78, 5) is 4.50. The van der Waals surface area contributed by atoms with E-state index in [1.54, 1.807) is 0 Å². The van der Waals surface area contributed by atoms with Gasteiger partial charge in [0.15, 0.2) is 0 Å². The maximum Gasteiger partial charge on any atom is 0.128 e. The van der Waals surface area contributed by atoms with Crippen molar-refractivity contribution in [2.24, 2.45) is 0 Å². The molecule has 0 saturated heterocycles. The van der Waals surface area contributed by atoms with Crippen LogP contribution in [-0.4, -0.2) is 9.19 Å². The van der Waals surface area contributed by atoms with Crippen LogP contribution in [0.25, 0.3) is 10.9 Å². The highest BCUT2D eigenvalue weighted by Gasteiger charge is 2.08. The fourth-order valence-corrected chi connectivity index (χ4v) is 3.72. The number of hydrogen-bond acceptors (Lipinski definition) is 2. The molecule has 0 N–H and O–H groups in total. The highest BCUT2D eigenvalue weighted by molar-refractivity contribution is 9.10. The van der Waals surface area contributed by atoms with Crippen molar-refractivity contribution in [1.29, 1.82) is 0 Å². The van der Waals surface area contributed by atoms with Gasteiger partial charge in [-0.05, 0) is 42.0 Å². The predicted molar refractivity (Wildman–Crippen MR) is 93.7 cm³/mol. The number of hydrogen-bond donors (Lipinski definition) is 0. The number of pyridine rings is 1. The van der Waals surface area contributed by atoms with Crippen molar-refractivity contribution < 1.29 is 4.21 Å². The third-order valence-electron chi connectivity index (χ3n) is 3.07. The molecular weight excluding hydrogens is 414 g/mol. The lowest BCUT2D eigenvalue weighted by Gasteiger charge is -2.04. The summed E-state index contributed by atoms with van der Waals surface area (Å²) in [6, 6.07) is 17.5. The summed E-state index contributed by atoms with van der Waals surface area (Å²) in [5, 5.41) is 1.65. The van der Waals surface area contributed by atoms with Gasteiger partial charge in [-0.2, -0.15) is 0 Å². The van der Waals surface area contributed by atoms with Gasteiger partial charge in [-0.25, -0.2) is 4.98 Å². The maximum absolute atomic E-state index is 12.4. The van der Waals surface area contributed by atoms with Crippen LogP contribution in [0, 0.1) is 0 Å². The first-order valence-corrected chi connectivity index (χ1v) is 9.21. The van der Waals surface area contributed by atoms with E-state index in [1.165, 1.54) is 0 Å². The van der Waals surface area contributed by atoms with Gasteiger partial charge in [0, 0.05) is 14.3 Å². The van der Waals surface area contributed by atoms with Gasteiger partial charge in [-0.3, -0.25) is 4.21 Å². The molecule has 0 aliphatic heterocycles. The van der Waals surface area contributed by atoms with E-state index in [0.29, 0.717) is 10.8 Å². The molecule has 3 rings (SSSR count). The first kappa shape index (κ1) is 14.9. The Kier molecular flexibility index (Phi) is 4.52. The summed E-state index contributed by atoms with van der Waals surface area (Å²) in [5.74, 6) is 0.475. The van der Waals surface area contributed by atoms with Crippen molar-refractivity contribution in [3.05, 3.63) is 69.1 Å². The minimum absolute atomic E-state index is 0.475. The molecule has 1 heterocycles. The lowest BCUT2D eigenvalue weighted by molar-refractivity contribution is 0.680. The van der Waals surface area contributed by atoms with E-state index in [9.17, 15) is 4.21 Å². The van der Waals surface area contributed by atoms with Gasteiger partial charge in [0.2, 0.25) is 0 Å². The lowest BCUT2D eigenvalue weighted by atomic mass is 10.2. The molecule has 0 aliphatic rings. The van der Waals surface area contributed by atoms with Crippen molar-refractivity contribution in [1.82, 2.24) is 4.98 Å². The Morgan fingerprint density at radius 3 is 2.38 bits per heavy atom. The van der Waals surface area contributed by atoms with Crippen LogP contribution in [-0.2, 0) is 16.6 Å². The van der Waals surface area contributed by atoms with Crippen LogP contribution in [0.1, 0.15) is 5.56 Å². The minimum Gasteiger partial charge on any atom is -0.252 e. The van der Waals surface area contributed by atoms with E-state index in [4.69, 9.17) is 0 Å². The van der Waals surface area contributed by atoms with Gasteiger partial charge in [0.05, 0.1) is 22.1 Å². The molecule has 2 aromatic carbocycles. The molecule has 1 aromatic heterocycles. The Morgan fingerprint density at radius 2 is 1.62 bits per heavy atom. The smallest absolute Gasteiger partial charge is 0.128 e. The standard InChI is InChI=1S/C16H11Br2NOS/c17-13-4-1-11(2-5-13)10-21(20)16-8-3-12-9-14(18)6-7-15(12)19-16/h1-9H,10H2. The Morgan fingerprint density at radius 1 is 0.905 bits per heavy atom. The van der Waals surface area contributed by atoms with Gasteiger partial charge in [-0.15, -0.1) is 0 Å². The molecule has 106 valence electrons. The van der Waals surface area contributed by atoms with Gasteiger partial charge in [0.25, 0.3) is 0 Å². The molecule has 0 bridgehead atoms. The molecular formula is C16H11Br2NOS. The number of aromatic nitrogens is 1. The van der Waals surface area contributed by atoms with Gasteiger partial charge in [0.1, 0.15) is 5.03 Å². The molecule has 0 radical (unpaired) electrons. The van der Waals surface area contributed by atoms with Crippen molar-refractivity contribution in [3.63, 3.8) is 0 Å². The number of nitrogens with zero attached hydrogens (tertiary/aromatic N) is 1. The van der Waals surface area contributed by atoms with Gasteiger partial charge in [-0.1, -0.05) is 50.1 Å². The van der Waals surface area contributed by atoms with E-state index < -0.39 is 10.8 Å². The number of rotatable bonds is 3. The van der Waals surface area contributed by atoms with E-state index >= 15 is 0 Å². The highest BCUT2D eigenvalue weighted by atomic mass is 79.9. The number of halogens is 2. The van der Waals surface area contributed by atoms with Crippen molar-refractivity contribution in [3.8, 4) is 0 Å². The van der Waals surface area contributed by atoms with Gasteiger partial charge >= 0.3 is 0 Å². The van der Waals surface area contributed by atoms with Crippen molar-refractivity contribution in [2.45, 2.75) is 10.8 Å². The molecule has 1 atom stereocenters. The Balaban J connectivity index is 1.87. The zero-order chi connectivity index (χ0) is 14.8. The molecule has 21 heavy (non-hydrogen) atoms. The molecule has 3 aromatic rings. The van der Waals surface area contributed by atoms with Crippen LogP contribution in [0.15, 0.2) is 68.6 Å². The van der Waals surface area contributed by atoms with E-state index in [-0.39, 0.29) is 0 Å². The molecule has 0 aliphatic carbocycles. The average molecular weight is 425 g/mol. The Hall–Kier alpha value is -1.04. The van der Waals surface area contributed by atoms with Crippen LogP contribution >= 0.6 is 31.9 Å². The molecule has 0 spiro atoms. The molecule has 0 amide bonds. The molecule has 2 nitrogen and oxygen atoms in total. The largest absolute Gasteiger partial charge is 0.252 e. The topological polar surface area (TPSA) is 30.0 Å². The second-order valence-corrected chi connectivity index (χ2v) is 7.83. The molecule has 1 unspecified atom stereocenters. The number of fused-ring (bicyclic) bond motifs is 1. The lowest BCUT2D eigenvalue weighted by Crippen LogP contribution is -1.99. The second-order valence-electron chi connectivity index (χ2n) is 4.60. The van der Waals surface area contributed by atoms with Gasteiger partial charge < -0.3 is 0 Å².